The van der Waals surface area contributed by atoms with Gasteiger partial charge in [0.05, 0.1) is 24.5 Å². The van der Waals surface area contributed by atoms with E-state index >= 15 is 0 Å². The first-order chi connectivity index (χ1) is 13.5. The Morgan fingerprint density at radius 3 is 2.62 bits per heavy atom. The third-order valence-electron chi connectivity index (χ3n) is 3.94. The van der Waals surface area contributed by atoms with E-state index in [0.717, 1.165) is 17.9 Å². The number of hydrogen-bond donors (Lipinski definition) is 2. The normalized spacial score (nSPS) is 12.0. The molecule has 0 radical (unpaired) electrons. The highest BCUT2D eigenvalue weighted by Gasteiger charge is 2.13. The van der Waals surface area contributed by atoms with Crippen molar-refractivity contribution in [3.8, 4) is 11.7 Å². The maximum Gasteiger partial charge on any atom is 0.234 e. The van der Waals surface area contributed by atoms with Gasteiger partial charge in [-0.3, -0.25) is 9.67 Å². The van der Waals surface area contributed by atoms with Gasteiger partial charge in [0.15, 0.2) is 11.5 Å². The molecule has 0 unspecified atom stereocenters. The number of ether oxygens (including phenoxy) is 1. The lowest BCUT2D eigenvalue weighted by Gasteiger charge is -2.13. The smallest absolute Gasteiger partial charge is 0.234 e. The average molecular weight is 398 g/mol. The van der Waals surface area contributed by atoms with E-state index in [1.807, 2.05) is 32.9 Å². The summed E-state index contributed by atoms with van der Waals surface area (Å²) in [6, 6.07) is 5.22. The van der Waals surface area contributed by atoms with Crippen LogP contribution in [0.25, 0.3) is 17.0 Å². The fraction of sp³-hybridized carbons (Fsp3) is 0.316. The van der Waals surface area contributed by atoms with Crippen LogP contribution in [0.1, 0.15) is 40.1 Å². The van der Waals surface area contributed by atoms with Crippen LogP contribution in [-0.2, 0) is 0 Å². The minimum Gasteiger partial charge on any atom is -0.474 e. The number of halogens is 1. The van der Waals surface area contributed by atoms with E-state index in [9.17, 15) is 4.39 Å². The Morgan fingerprint density at radius 1 is 1.14 bits per heavy atom. The first kappa shape index (κ1) is 20.2. The molecule has 0 bridgehead atoms. The lowest BCUT2D eigenvalue weighted by Crippen LogP contribution is -2.11. The third-order valence-corrected chi connectivity index (χ3v) is 3.94. The monoisotopic (exact) mass is 398 g/mol. The zero-order valence-corrected chi connectivity index (χ0v) is 15.6. The molecule has 0 fully saturated rings. The molecule has 152 valence electrons. The first-order valence-corrected chi connectivity index (χ1v) is 8.80. The van der Waals surface area contributed by atoms with E-state index in [4.69, 9.17) is 4.74 Å². The van der Waals surface area contributed by atoms with Gasteiger partial charge in [-0.05, 0) is 32.9 Å². The number of H-pyrrole nitrogens is 1. The number of rotatable bonds is 6. The molecule has 0 saturated heterocycles. The topological polar surface area (TPSA) is 106 Å². The highest BCUT2D eigenvalue weighted by molar-refractivity contribution is 5.74. The van der Waals surface area contributed by atoms with Crippen molar-refractivity contribution in [2.75, 3.05) is 5.32 Å². The van der Waals surface area contributed by atoms with E-state index in [-0.39, 0.29) is 19.6 Å². The van der Waals surface area contributed by atoms with Crippen molar-refractivity contribution in [3.05, 3.63) is 48.6 Å². The first-order valence-electron chi connectivity index (χ1n) is 8.80. The van der Waals surface area contributed by atoms with Crippen molar-refractivity contribution in [1.82, 2.24) is 34.7 Å². The summed E-state index contributed by atoms with van der Waals surface area (Å²) >= 11 is 0. The van der Waals surface area contributed by atoms with Gasteiger partial charge in [0.2, 0.25) is 5.88 Å². The molecule has 0 spiro atoms. The Hall–Kier alpha value is -3.56. The van der Waals surface area contributed by atoms with Crippen LogP contribution in [0.4, 0.5) is 10.2 Å². The zero-order valence-electron chi connectivity index (χ0n) is 15.6. The van der Waals surface area contributed by atoms with Crippen molar-refractivity contribution in [2.45, 2.75) is 40.3 Å². The number of aromatic nitrogens is 7. The van der Waals surface area contributed by atoms with Crippen LogP contribution in [0.15, 0.2) is 36.9 Å². The van der Waals surface area contributed by atoms with Gasteiger partial charge in [0, 0.05) is 6.07 Å². The second kappa shape index (κ2) is 8.21. The Bertz CT molecular complexity index is 1090. The predicted octanol–water partition coefficient (Wildman–Crippen LogP) is 3.67. The number of fused-ring (bicyclic) bond motifs is 1. The molecule has 0 aliphatic carbocycles. The summed E-state index contributed by atoms with van der Waals surface area (Å²) in [6.07, 6.45) is 3.98. The van der Waals surface area contributed by atoms with E-state index in [0.29, 0.717) is 29.0 Å². The van der Waals surface area contributed by atoms with Crippen LogP contribution in [0, 0.1) is 5.82 Å². The second-order valence-corrected chi connectivity index (χ2v) is 6.54. The SMILES string of the molecule is C.CC(C)Oc1cc(-n2cnc3ccc(N[C@@H](C)c4ncc(F)cn4)nc32)[nH]n1. The summed E-state index contributed by atoms with van der Waals surface area (Å²) in [6.45, 7) is 5.75. The molecular weight excluding hydrogens is 375 g/mol. The Kier molecular flexibility index (Phi) is 5.71. The van der Waals surface area contributed by atoms with Gasteiger partial charge in [0.25, 0.3) is 0 Å². The summed E-state index contributed by atoms with van der Waals surface area (Å²) in [5.41, 5.74) is 1.38. The molecule has 0 aromatic carbocycles. The molecule has 4 aromatic heterocycles. The number of hydrogen-bond acceptors (Lipinski definition) is 7. The minimum atomic E-state index is -0.472. The van der Waals surface area contributed by atoms with E-state index < -0.39 is 5.82 Å². The molecule has 9 nitrogen and oxygen atoms in total. The molecular formula is C19H23FN8O. The van der Waals surface area contributed by atoms with E-state index in [1.165, 1.54) is 0 Å². The van der Waals surface area contributed by atoms with E-state index in [2.05, 4.69) is 35.5 Å². The van der Waals surface area contributed by atoms with Gasteiger partial charge in [0.1, 0.15) is 29.3 Å². The molecule has 2 N–H and O–H groups in total. The van der Waals surface area contributed by atoms with Crippen LogP contribution in [0.2, 0.25) is 0 Å². The molecule has 10 heteroatoms. The molecule has 1 atom stereocenters. The number of pyridine rings is 1. The largest absolute Gasteiger partial charge is 0.474 e. The van der Waals surface area contributed by atoms with Crippen LogP contribution < -0.4 is 10.1 Å². The fourth-order valence-corrected chi connectivity index (χ4v) is 2.70. The summed E-state index contributed by atoms with van der Waals surface area (Å²) in [5, 5.41) is 10.3. The van der Waals surface area contributed by atoms with Crippen molar-refractivity contribution >= 4 is 17.0 Å². The van der Waals surface area contributed by atoms with E-state index in [1.54, 1.807) is 17.0 Å². The lowest BCUT2D eigenvalue weighted by molar-refractivity contribution is 0.232. The predicted molar refractivity (Wildman–Crippen MR) is 108 cm³/mol. The number of nitrogens with one attached hydrogen (secondary N) is 2. The van der Waals surface area contributed by atoms with Crippen LogP contribution in [0.3, 0.4) is 0 Å². The molecule has 0 aliphatic rings. The standard InChI is InChI=1S/C18H19FN8O.CH4/c1-10(2)28-16-6-15(25-26-16)27-9-22-13-4-5-14(24-18(13)27)23-11(3)17-20-7-12(19)8-21-17;/h4-11H,1-3H3,(H,23,24)(H,25,26);1H4/t11-;/m0./s1. The maximum atomic E-state index is 13.0. The summed E-state index contributed by atoms with van der Waals surface area (Å²) in [7, 11) is 0. The minimum absolute atomic E-state index is 0. The van der Waals surface area contributed by atoms with Gasteiger partial charge in [-0.25, -0.2) is 24.3 Å². The third kappa shape index (κ3) is 4.31. The summed E-state index contributed by atoms with van der Waals surface area (Å²) < 4.78 is 20.4. The van der Waals surface area contributed by atoms with Crippen molar-refractivity contribution in [2.24, 2.45) is 0 Å². The highest BCUT2D eigenvalue weighted by atomic mass is 19.1. The van der Waals surface area contributed by atoms with Crippen LogP contribution in [-0.4, -0.2) is 40.8 Å². The van der Waals surface area contributed by atoms with Crippen LogP contribution >= 0.6 is 0 Å². The van der Waals surface area contributed by atoms with Gasteiger partial charge in [-0.1, -0.05) is 7.43 Å². The average Bonchev–Trinajstić information content (AvgIpc) is 3.28. The summed E-state index contributed by atoms with van der Waals surface area (Å²) in [5.74, 6) is 1.81. The Balaban J connectivity index is 0.00000240. The molecule has 4 heterocycles. The molecule has 4 rings (SSSR count). The number of imidazole rings is 1. The molecule has 0 amide bonds. The number of nitrogens with zero attached hydrogens (tertiary/aromatic N) is 6. The molecule has 0 saturated carbocycles. The quantitative estimate of drug-likeness (QED) is 0.510. The fourth-order valence-electron chi connectivity index (χ4n) is 2.70. The number of anilines is 1. The van der Waals surface area contributed by atoms with Gasteiger partial charge >= 0.3 is 0 Å². The van der Waals surface area contributed by atoms with Crippen LogP contribution in [0.5, 0.6) is 5.88 Å². The second-order valence-electron chi connectivity index (χ2n) is 6.54. The Morgan fingerprint density at radius 2 is 1.90 bits per heavy atom. The lowest BCUT2D eigenvalue weighted by atomic mass is 10.3. The van der Waals surface area contributed by atoms with Gasteiger partial charge in [-0.15, -0.1) is 5.10 Å². The molecule has 0 aliphatic heterocycles. The summed E-state index contributed by atoms with van der Waals surface area (Å²) in [4.78, 5) is 17.0. The highest BCUT2D eigenvalue weighted by Crippen LogP contribution is 2.22. The molecule has 4 aromatic rings. The zero-order chi connectivity index (χ0) is 19.7. The Labute approximate surface area is 167 Å². The van der Waals surface area contributed by atoms with Gasteiger partial charge < -0.3 is 10.1 Å². The van der Waals surface area contributed by atoms with Crippen molar-refractivity contribution < 1.29 is 9.13 Å². The number of aromatic amines is 1. The van der Waals surface area contributed by atoms with Crippen molar-refractivity contribution in [3.63, 3.8) is 0 Å². The molecule has 29 heavy (non-hydrogen) atoms. The van der Waals surface area contributed by atoms with Gasteiger partial charge in [-0.2, -0.15) is 0 Å². The van der Waals surface area contributed by atoms with Crippen molar-refractivity contribution in [1.29, 1.82) is 0 Å². The maximum absolute atomic E-state index is 13.0.